The summed E-state index contributed by atoms with van der Waals surface area (Å²) in [6.07, 6.45) is -0.373. The van der Waals surface area contributed by atoms with Crippen LogP contribution < -0.4 is 5.32 Å². The van der Waals surface area contributed by atoms with Crippen LogP contribution in [0.3, 0.4) is 0 Å². The van der Waals surface area contributed by atoms with Crippen molar-refractivity contribution < 1.29 is 11.0 Å². The van der Waals surface area contributed by atoms with Gasteiger partial charge in [-0.05, 0) is 6.92 Å². The fourth-order valence-corrected chi connectivity index (χ4v) is 0.203. The highest BCUT2D eigenvalue weighted by Crippen LogP contribution is 1.70. The highest BCUT2D eigenvalue weighted by Gasteiger charge is 1.89. The minimum Gasteiger partial charge on any atom is -0.450 e. The lowest BCUT2D eigenvalue weighted by molar-refractivity contribution is 0.154. The zero-order valence-electron chi connectivity index (χ0n) is 6.52. The van der Waals surface area contributed by atoms with E-state index in [0.717, 1.165) is 0 Å². The number of carbonyl (C=O) groups excluding carboxylic acids is 1. The van der Waals surface area contributed by atoms with Gasteiger partial charge >= 0.3 is 6.09 Å². The Morgan fingerprint density at radius 3 is 2.22 bits per heavy atom. The van der Waals surface area contributed by atoms with Gasteiger partial charge in [0.15, 0.2) is 0 Å². The summed E-state index contributed by atoms with van der Waals surface area (Å²) in [4.78, 5) is 10.1. The second kappa shape index (κ2) is 10.3. The molecule has 9 heavy (non-hydrogen) atoms. The number of hydrogen-bond donors (Lipinski definition) is 1. The Balaban J connectivity index is -0.000000149. The van der Waals surface area contributed by atoms with E-state index in [1.165, 1.54) is 7.05 Å². The second-order valence-corrected chi connectivity index (χ2v) is 0.970. The van der Waals surface area contributed by atoms with E-state index in [-0.39, 0.29) is 7.52 Å². The summed E-state index contributed by atoms with van der Waals surface area (Å²) in [5, 5.41) is 2.30. The van der Waals surface area contributed by atoms with E-state index in [1.54, 1.807) is 6.92 Å². The molecule has 0 aromatic heterocycles. The van der Waals surface area contributed by atoms with E-state index in [2.05, 4.69) is 10.1 Å². The average Bonchev–Trinajstić information content (AvgIpc) is 1.93. The number of rotatable bonds is 1. The van der Waals surface area contributed by atoms with Crippen LogP contribution >= 0.6 is 0 Å². The molecule has 0 aliphatic rings. The van der Waals surface area contributed by atoms with Gasteiger partial charge in [-0.3, -0.25) is 0 Å². The van der Waals surface area contributed by atoms with Crippen molar-refractivity contribution >= 4 is 6.09 Å². The van der Waals surface area contributed by atoms with E-state index in [0.29, 0.717) is 6.61 Å². The maximum atomic E-state index is 10.1. The van der Waals surface area contributed by atoms with Gasteiger partial charge in [0, 0.05) is 8.47 Å². The van der Waals surface area contributed by atoms with E-state index in [9.17, 15) is 4.79 Å². The molecule has 0 aromatic rings. The molecule has 0 aromatic carbocycles. The number of alkyl carbamates (subject to hydrolysis) is 1. The SMILES string of the molecule is CC.CCOC(=O)NC.[HH]. The van der Waals surface area contributed by atoms with Crippen LogP contribution in [0.5, 0.6) is 0 Å². The van der Waals surface area contributed by atoms with E-state index in [1.807, 2.05) is 13.8 Å². The van der Waals surface area contributed by atoms with Crippen LogP contribution in [0.4, 0.5) is 4.79 Å². The van der Waals surface area contributed by atoms with Crippen LogP contribution in [0.25, 0.3) is 0 Å². The number of amides is 1. The Bertz CT molecular complexity index is 68.8. The fourth-order valence-electron chi connectivity index (χ4n) is 0.203. The molecule has 0 radical (unpaired) electrons. The van der Waals surface area contributed by atoms with Crippen LogP contribution in [-0.2, 0) is 4.74 Å². The van der Waals surface area contributed by atoms with Crippen LogP contribution in [0.2, 0.25) is 0 Å². The Morgan fingerprint density at radius 1 is 1.67 bits per heavy atom. The lowest BCUT2D eigenvalue weighted by Gasteiger charge is -1.95. The lowest BCUT2D eigenvalue weighted by Crippen LogP contribution is -2.18. The maximum absolute atomic E-state index is 10.1. The monoisotopic (exact) mass is 135 g/mol. The highest BCUT2D eigenvalue weighted by atomic mass is 16.5. The van der Waals surface area contributed by atoms with Crippen molar-refractivity contribution in [2.45, 2.75) is 20.8 Å². The third-order valence-electron chi connectivity index (χ3n) is 0.480. The van der Waals surface area contributed by atoms with Gasteiger partial charge in [0.2, 0.25) is 0 Å². The molecule has 0 unspecified atom stereocenters. The highest BCUT2D eigenvalue weighted by molar-refractivity contribution is 5.66. The van der Waals surface area contributed by atoms with Crippen molar-refractivity contribution in [3.8, 4) is 0 Å². The standard InChI is InChI=1S/C4H9NO2.C2H6.H2/c1-3-7-4(6)5-2;1-2;/h3H2,1-2H3,(H,5,6);1-2H3;1H. The number of hydrogen-bond acceptors (Lipinski definition) is 2. The zero-order chi connectivity index (χ0) is 7.70. The normalized spacial score (nSPS) is 6.67. The van der Waals surface area contributed by atoms with Gasteiger partial charge in [0.1, 0.15) is 0 Å². The van der Waals surface area contributed by atoms with Gasteiger partial charge in [-0.25, -0.2) is 4.79 Å². The van der Waals surface area contributed by atoms with Crippen molar-refractivity contribution in [1.29, 1.82) is 0 Å². The van der Waals surface area contributed by atoms with Crippen LogP contribution in [0.15, 0.2) is 0 Å². The van der Waals surface area contributed by atoms with Crippen molar-refractivity contribution in [1.82, 2.24) is 5.32 Å². The molecule has 3 nitrogen and oxygen atoms in total. The molecule has 1 N–H and O–H groups in total. The van der Waals surface area contributed by atoms with Gasteiger partial charge in [0.25, 0.3) is 0 Å². The fraction of sp³-hybridized carbons (Fsp3) is 0.833. The molecule has 0 saturated heterocycles. The molecule has 0 fully saturated rings. The molecule has 0 saturated carbocycles. The molecule has 0 bridgehead atoms. The average molecular weight is 135 g/mol. The summed E-state index contributed by atoms with van der Waals surface area (Å²) >= 11 is 0. The van der Waals surface area contributed by atoms with Crippen molar-refractivity contribution in [2.24, 2.45) is 0 Å². The largest absolute Gasteiger partial charge is 0.450 e. The van der Waals surface area contributed by atoms with Crippen molar-refractivity contribution in [2.75, 3.05) is 13.7 Å². The quantitative estimate of drug-likeness (QED) is 0.593. The summed E-state index contributed by atoms with van der Waals surface area (Å²) < 4.78 is 4.44. The lowest BCUT2D eigenvalue weighted by atomic mass is 10.9. The number of carbonyl (C=O) groups is 1. The maximum Gasteiger partial charge on any atom is 0.406 e. The smallest absolute Gasteiger partial charge is 0.406 e. The first-order valence-corrected chi connectivity index (χ1v) is 3.15. The molecular formula is C6H17NO2. The molecule has 0 atom stereocenters. The molecule has 0 spiro atoms. The van der Waals surface area contributed by atoms with Crippen LogP contribution in [-0.4, -0.2) is 19.7 Å². The number of ether oxygens (including phenoxy) is 1. The van der Waals surface area contributed by atoms with Gasteiger partial charge in [-0.15, -0.1) is 0 Å². The predicted octanol–water partition coefficient (Wildman–Crippen LogP) is 1.63. The Morgan fingerprint density at radius 2 is 2.11 bits per heavy atom. The topological polar surface area (TPSA) is 38.3 Å². The Labute approximate surface area is 57.9 Å². The zero-order valence-corrected chi connectivity index (χ0v) is 6.52. The summed E-state index contributed by atoms with van der Waals surface area (Å²) in [5.41, 5.74) is 0. The molecular weight excluding hydrogens is 118 g/mol. The summed E-state index contributed by atoms with van der Waals surface area (Å²) in [6, 6.07) is 0. The molecule has 0 heterocycles. The number of nitrogens with one attached hydrogen (secondary N) is 1. The van der Waals surface area contributed by atoms with Crippen molar-refractivity contribution in [3.63, 3.8) is 0 Å². The summed E-state index contributed by atoms with van der Waals surface area (Å²) in [7, 11) is 1.53. The first-order chi connectivity index (χ1) is 4.31. The third kappa shape index (κ3) is 11.1. The van der Waals surface area contributed by atoms with Gasteiger partial charge in [-0.2, -0.15) is 0 Å². The van der Waals surface area contributed by atoms with Gasteiger partial charge in [0.05, 0.1) is 6.61 Å². The molecule has 58 valence electrons. The van der Waals surface area contributed by atoms with Gasteiger partial charge in [-0.1, -0.05) is 13.8 Å². The Kier molecular flexibility index (Phi) is 12.7. The minimum absolute atomic E-state index is 0. The molecule has 3 heteroatoms. The second-order valence-electron chi connectivity index (χ2n) is 0.970. The van der Waals surface area contributed by atoms with Crippen LogP contribution in [0, 0.1) is 0 Å². The summed E-state index contributed by atoms with van der Waals surface area (Å²) in [5.74, 6) is 0. The first kappa shape index (κ1) is 11.1. The molecule has 0 aliphatic heterocycles. The van der Waals surface area contributed by atoms with E-state index >= 15 is 0 Å². The van der Waals surface area contributed by atoms with Crippen molar-refractivity contribution in [3.05, 3.63) is 0 Å². The van der Waals surface area contributed by atoms with E-state index < -0.39 is 0 Å². The minimum atomic E-state index is -0.373. The van der Waals surface area contributed by atoms with E-state index in [4.69, 9.17) is 0 Å². The molecule has 1 amide bonds. The van der Waals surface area contributed by atoms with Crippen LogP contribution in [0.1, 0.15) is 22.2 Å². The predicted molar refractivity (Wildman–Crippen MR) is 39.5 cm³/mol. The summed E-state index contributed by atoms with van der Waals surface area (Å²) in [6.45, 7) is 6.19. The molecule has 0 rings (SSSR count). The Hall–Kier alpha value is -0.730. The first-order valence-electron chi connectivity index (χ1n) is 3.15. The molecule has 0 aliphatic carbocycles. The third-order valence-corrected chi connectivity index (χ3v) is 0.480. The van der Waals surface area contributed by atoms with Gasteiger partial charge < -0.3 is 10.1 Å².